The molecule has 1 N–H and O–H groups in total. The normalized spacial score (nSPS) is 17.5. The van der Waals surface area contributed by atoms with E-state index in [0.717, 1.165) is 5.69 Å². The van der Waals surface area contributed by atoms with Crippen molar-refractivity contribution in [3.05, 3.63) is 82.8 Å². The first kappa shape index (κ1) is 22.5. The number of ketones is 1. The predicted molar refractivity (Wildman–Crippen MR) is 127 cm³/mol. The minimum absolute atomic E-state index is 0.0728. The second-order valence-corrected chi connectivity index (χ2v) is 8.08. The van der Waals surface area contributed by atoms with Gasteiger partial charge in [-0.1, -0.05) is 11.6 Å². The van der Waals surface area contributed by atoms with Gasteiger partial charge in [-0.2, -0.15) is 0 Å². The van der Waals surface area contributed by atoms with E-state index in [1.54, 1.807) is 42.5 Å². The number of anilines is 2. The Morgan fingerprint density at radius 2 is 1.88 bits per heavy atom. The summed E-state index contributed by atoms with van der Waals surface area (Å²) in [4.78, 5) is 29.5. The van der Waals surface area contributed by atoms with Crippen molar-refractivity contribution >= 4 is 40.4 Å². The minimum atomic E-state index is -0.934. The highest BCUT2D eigenvalue weighted by Gasteiger charge is 2.48. The number of halogens is 1. The van der Waals surface area contributed by atoms with E-state index in [4.69, 9.17) is 20.8 Å². The van der Waals surface area contributed by atoms with Gasteiger partial charge >= 0.3 is 0 Å². The van der Waals surface area contributed by atoms with Crippen LogP contribution < -0.4 is 14.5 Å². The minimum Gasteiger partial charge on any atom is -0.507 e. The van der Waals surface area contributed by atoms with Gasteiger partial charge in [0.05, 0.1) is 23.5 Å². The molecule has 7 nitrogen and oxygen atoms in total. The van der Waals surface area contributed by atoms with E-state index < -0.39 is 17.7 Å². The van der Waals surface area contributed by atoms with Gasteiger partial charge in [0.2, 0.25) is 0 Å². The van der Waals surface area contributed by atoms with E-state index in [1.807, 2.05) is 38.1 Å². The molecular weight excluding hydrogens is 444 g/mol. The number of benzene rings is 2. The number of furan rings is 1. The van der Waals surface area contributed by atoms with Gasteiger partial charge < -0.3 is 19.2 Å². The van der Waals surface area contributed by atoms with Crippen LogP contribution in [0.5, 0.6) is 5.75 Å². The van der Waals surface area contributed by atoms with Gasteiger partial charge in [0.15, 0.2) is 0 Å². The number of hydrogen-bond acceptors (Lipinski definition) is 6. The molecule has 0 spiro atoms. The molecule has 4 rings (SSSR count). The number of carbonyl (C=O) groups is 2. The number of hydrogen-bond donors (Lipinski definition) is 1. The van der Waals surface area contributed by atoms with Crippen molar-refractivity contribution < 1.29 is 23.8 Å². The second-order valence-electron chi connectivity index (χ2n) is 7.67. The lowest BCUT2D eigenvalue weighted by atomic mass is 9.99. The van der Waals surface area contributed by atoms with Crippen molar-refractivity contribution in [2.24, 2.45) is 0 Å². The molecule has 0 saturated carbocycles. The lowest BCUT2D eigenvalue weighted by Crippen LogP contribution is -2.29. The molecule has 1 aliphatic rings. The van der Waals surface area contributed by atoms with Gasteiger partial charge in [-0.15, -0.1) is 0 Å². The van der Waals surface area contributed by atoms with Crippen molar-refractivity contribution in [3.8, 4) is 5.75 Å². The van der Waals surface area contributed by atoms with Gasteiger partial charge in [0, 0.05) is 31.0 Å². The Hall–Kier alpha value is -3.71. The predicted octanol–water partition coefficient (Wildman–Crippen LogP) is 5.02. The summed E-state index contributed by atoms with van der Waals surface area (Å²) in [6.07, 6.45) is 1.46. The van der Waals surface area contributed by atoms with Crippen molar-refractivity contribution in [1.29, 1.82) is 0 Å². The van der Waals surface area contributed by atoms with Crippen LogP contribution in [0.3, 0.4) is 0 Å². The number of rotatable bonds is 6. The topological polar surface area (TPSA) is 83.2 Å². The van der Waals surface area contributed by atoms with Crippen LogP contribution in [0.15, 0.2) is 70.9 Å². The van der Waals surface area contributed by atoms with Crippen LogP contribution in [0.4, 0.5) is 11.4 Å². The molecule has 0 radical (unpaired) electrons. The molecule has 1 amide bonds. The van der Waals surface area contributed by atoms with Crippen molar-refractivity contribution in [2.75, 3.05) is 30.5 Å². The Bertz CT molecular complexity index is 1220. The van der Waals surface area contributed by atoms with E-state index in [0.29, 0.717) is 34.4 Å². The Kier molecular flexibility index (Phi) is 6.16. The summed E-state index contributed by atoms with van der Waals surface area (Å²) >= 11 is 6.17. The van der Waals surface area contributed by atoms with E-state index in [2.05, 4.69) is 0 Å². The molecular formula is C25H23ClN2O5. The molecule has 0 aliphatic carbocycles. The first-order valence-corrected chi connectivity index (χ1v) is 10.8. The number of aliphatic hydroxyl groups excluding tert-OH is 1. The van der Waals surface area contributed by atoms with Crippen molar-refractivity contribution in [3.63, 3.8) is 0 Å². The Balaban J connectivity index is 1.86. The van der Waals surface area contributed by atoms with E-state index >= 15 is 0 Å². The fourth-order valence-electron chi connectivity index (χ4n) is 3.80. The van der Waals surface area contributed by atoms with Crippen LogP contribution >= 0.6 is 11.6 Å². The zero-order chi connectivity index (χ0) is 23.7. The maximum atomic E-state index is 13.1. The van der Waals surface area contributed by atoms with Gasteiger partial charge in [-0.05, 0) is 61.5 Å². The zero-order valence-corrected chi connectivity index (χ0v) is 19.2. The van der Waals surface area contributed by atoms with Crippen LogP contribution in [-0.2, 0) is 9.59 Å². The Labute approximate surface area is 196 Å². The summed E-state index contributed by atoms with van der Waals surface area (Å²) < 4.78 is 11.1. The molecule has 2 aromatic carbocycles. The highest BCUT2D eigenvalue weighted by Crippen LogP contribution is 2.43. The molecule has 33 heavy (non-hydrogen) atoms. The van der Waals surface area contributed by atoms with Crippen LogP contribution in [0.25, 0.3) is 5.76 Å². The molecule has 0 bridgehead atoms. The monoisotopic (exact) mass is 466 g/mol. The van der Waals surface area contributed by atoms with Gasteiger partial charge in [0.1, 0.15) is 23.3 Å². The summed E-state index contributed by atoms with van der Waals surface area (Å²) in [5, 5.41) is 11.5. The maximum Gasteiger partial charge on any atom is 0.300 e. The first-order chi connectivity index (χ1) is 15.8. The van der Waals surface area contributed by atoms with E-state index in [-0.39, 0.29) is 11.3 Å². The fourth-order valence-corrected chi connectivity index (χ4v) is 3.97. The Morgan fingerprint density at radius 3 is 2.48 bits per heavy atom. The molecule has 1 aliphatic heterocycles. The standard InChI is InChI=1S/C25H23ClN2O5/c1-4-32-20-14-15(7-12-18(20)26)23(29)21-22(19-6-5-13-33-19)28(25(31)24(21)30)17-10-8-16(9-11-17)27(2)3/h5-14,22,29H,4H2,1-3H3/b23-21-. The van der Waals surface area contributed by atoms with Crippen LogP contribution in [0.2, 0.25) is 5.02 Å². The average Bonchev–Trinajstić information content (AvgIpc) is 3.42. The summed E-state index contributed by atoms with van der Waals surface area (Å²) in [6, 6.07) is 14.3. The smallest absolute Gasteiger partial charge is 0.300 e. The lowest BCUT2D eigenvalue weighted by molar-refractivity contribution is -0.132. The molecule has 1 aromatic heterocycles. The van der Waals surface area contributed by atoms with E-state index in [1.165, 1.54) is 11.2 Å². The van der Waals surface area contributed by atoms with Gasteiger partial charge in [-0.25, -0.2) is 0 Å². The largest absolute Gasteiger partial charge is 0.507 e. The lowest BCUT2D eigenvalue weighted by Gasteiger charge is -2.24. The van der Waals surface area contributed by atoms with E-state index in [9.17, 15) is 14.7 Å². The average molecular weight is 467 g/mol. The summed E-state index contributed by atoms with van der Waals surface area (Å²) in [6.45, 7) is 2.19. The third-order valence-corrected chi connectivity index (χ3v) is 5.72. The van der Waals surface area contributed by atoms with Gasteiger partial charge in [-0.3, -0.25) is 14.5 Å². The van der Waals surface area contributed by atoms with Crippen LogP contribution in [0, 0.1) is 0 Å². The number of ether oxygens (including phenoxy) is 1. The first-order valence-electron chi connectivity index (χ1n) is 10.4. The second kappa shape index (κ2) is 9.03. The molecule has 1 fully saturated rings. The molecule has 1 atom stereocenters. The summed E-state index contributed by atoms with van der Waals surface area (Å²) in [5.74, 6) is -1.18. The molecule has 1 saturated heterocycles. The van der Waals surface area contributed by atoms with Gasteiger partial charge in [0.25, 0.3) is 11.7 Å². The Morgan fingerprint density at radius 1 is 1.15 bits per heavy atom. The quantitative estimate of drug-likeness (QED) is 0.312. The third kappa shape index (κ3) is 4.07. The third-order valence-electron chi connectivity index (χ3n) is 5.41. The summed E-state index contributed by atoms with van der Waals surface area (Å²) in [5.41, 5.74) is 1.68. The highest BCUT2D eigenvalue weighted by molar-refractivity contribution is 6.51. The number of aliphatic hydroxyl groups is 1. The SMILES string of the molecule is CCOc1cc(/C(O)=C2/C(=O)C(=O)N(c3ccc(N(C)C)cc3)C2c2ccco2)ccc1Cl. The van der Waals surface area contributed by atoms with Crippen LogP contribution in [0.1, 0.15) is 24.3 Å². The summed E-state index contributed by atoms with van der Waals surface area (Å²) in [7, 11) is 3.82. The highest BCUT2D eigenvalue weighted by atomic mass is 35.5. The van der Waals surface area contributed by atoms with Crippen molar-refractivity contribution in [1.82, 2.24) is 0 Å². The number of carbonyl (C=O) groups excluding carboxylic acids is 2. The zero-order valence-electron chi connectivity index (χ0n) is 18.4. The van der Waals surface area contributed by atoms with Crippen LogP contribution in [-0.4, -0.2) is 37.5 Å². The number of nitrogens with zero attached hydrogens (tertiary/aromatic N) is 2. The number of Topliss-reactive ketones (excluding diaryl/α,β-unsaturated/α-hetero) is 1. The fraction of sp³-hybridized carbons (Fsp3) is 0.200. The maximum absolute atomic E-state index is 13.1. The molecule has 8 heteroatoms. The molecule has 2 heterocycles. The molecule has 3 aromatic rings. The molecule has 1 unspecified atom stereocenters. The molecule has 170 valence electrons. The number of amides is 1. The van der Waals surface area contributed by atoms with Crippen molar-refractivity contribution in [2.45, 2.75) is 13.0 Å².